The molecule has 10 nitrogen and oxygen atoms in total. The van der Waals surface area contributed by atoms with Gasteiger partial charge in [-0.25, -0.2) is 4.79 Å². The molecule has 2 unspecified atom stereocenters. The van der Waals surface area contributed by atoms with Crippen LogP contribution in [0.25, 0.3) is 0 Å². The largest absolute Gasteiger partial charge is 0.467 e. The SMILES string of the molecule is COC(=O)C(C[C@@H]1CCCNC1=O)NC(=O)C(CC1CC1)NC(=O)c1ccn[nH]1. The average molecular weight is 405 g/mol. The van der Waals surface area contributed by atoms with Gasteiger partial charge in [0.15, 0.2) is 0 Å². The standard InChI is InChI=1S/C19H27N5O5/c1-29-19(28)15(10-12-3-2-7-20-16(12)25)23-18(27)14(9-11-4-5-11)22-17(26)13-6-8-21-24-13/h6,8,11-12,14-15H,2-5,7,9-10H2,1H3,(H,20,25)(H,21,24)(H,22,26)(H,23,27)/t12-,14?,15?/m0/s1. The van der Waals surface area contributed by atoms with Gasteiger partial charge in [0.05, 0.1) is 7.11 Å². The fraction of sp³-hybridized carbons (Fsp3) is 0.632. The highest BCUT2D eigenvalue weighted by Gasteiger charge is 2.35. The summed E-state index contributed by atoms with van der Waals surface area (Å²) in [5, 5.41) is 14.5. The lowest BCUT2D eigenvalue weighted by molar-refractivity contribution is -0.146. The molecule has 0 aromatic carbocycles. The van der Waals surface area contributed by atoms with E-state index in [4.69, 9.17) is 4.74 Å². The number of aromatic amines is 1. The monoisotopic (exact) mass is 405 g/mol. The number of carbonyl (C=O) groups excluding carboxylic acids is 4. The van der Waals surface area contributed by atoms with E-state index in [9.17, 15) is 19.2 Å². The van der Waals surface area contributed by atoms with Crippen LogP contribution in [0, 0.1) is 11.8 Å². The Kier molecular flexibility index (Phi) is 6.84. The summed E-state index contributed by atoms with van der Waals surface area (Å²) in [6.07, 6.45) is 5.59. The third-order valence-corrected chi connectivity index (χ3v) is 5.35. The molecule has 10 heteroatoms. The van der Waals surface area contributed by atoms with Crippen molar-refractivity contribution in [2.24, 2.45) is 11.8 Å². The van der Waals surface area contributed by atoms with Gasteiger partial charge < -0.3 is 20.7 Å². The van der Waals surface area contributed by atoms with Crippen LogP contribution in [0.4, 0.5) is 0 Å². The molecule has 2 heterocycles. The maximum absolute atomic E-state index is 12.9. The molecule has 29 heavy (non-hydrogen) atoms. The number of methoxy groups -OCH3 is 1. The van der Waals surface area contributed by atoms with Gasteiger partial charge in [-0.1, -0.05) is 12.8 Å². The quantitative estimate of drug-likeness (QED) is 0.422. The Bertz CT molecular complexity index is 746. The second-order valence-electron chi connectivity index (χ2n) is 7.63. The molecule has 158 valence electrons. The fourth-order valence-corrected chi connectivity index (χ4v) is 3.51. The van der Waals surface area contributed by atoms with Crippen LogP contribution >= 0.6 is 0 Å². The number of nitrogens with one attached hydrogen (secondary N) is 4. The molecule has 2 aliphatic rings. The third kappa shape index (κ3) is 5.78. The molecule has 0 radical (unpaired) electrons. The molecule has 0 spiro atoms. The van der Waals surface area contributed by atoms with Crippen LogP contribution in [-0.2, 0) is 19.1 Å². The predicted octanol–water partition coefficient (Wildman–Crippen LogP) is -0.118. The number of rotatable bonds is 9. The van der Waals surface area contributed by atoms with Crippen molar-refractivity contribution in [3.8, 4) is 0 Å². The summed E-state index contributed by atoms with van der Waals surface area (Å²) < 4.78 is 4.82. The summed E-state index contributed by atoms with van der Waals surface area (Å²) >= 11 is 0. The number of ether oxygens (including phenoxy) is 1. The fourth-order valence-electron chi connectivity index (χ4n) is 3.51. The maximum Gasteiger partial charge on any atom is 0.328 e. The minimum absolute atomic E-state index is 0.124. The number of nitrogens with zero attached hydrogens (tertiary/aromatic N) is 1. The molecule has 1 aliphatic carbocycles. The number of aromatic nitrogens is 2. The predicted molar refractivity (Wildman–Crippen MR) is 101 cm³/mol. The topological polar surface area (TPSA) is 142 Å². The van der Waals surface area contributed by atoms with Crippen LogP contribution in [0.2, 0.25) is 0 Å². The Balaban J connectivity index is 1.66. The Morgan fingerprint density at radius 2 is 2.00 bits per heavy atom. The lowest BCUT2D eigenvalue weighted by atomic mass is 9.91. The Morgan fingerprint density at radius 3 is 2.62 bits per heavy atom. The summed E-state index contributed by atoms with van der Waals surface area (Å²) in [6, 6.07) is -0.224. The summed E-state index contributed by atoms with van der Waals surface area (Å²) in [4.78, 5) is 49.5. The van der Waals surface area contributed by atoms with E-state index in [2.05, 4.69) is 26.1 Å². The molecule has 3 atom stereocenters. The zero-order valence-electron chi connectivity index (χ0n) is 16.4. The smallest absolute Gasteiger partial charge is 0.328 e. The first-order valence-electron chi connectivity index (χ1n) is 9.94. The first-order valence-corrected chi connectivity index (χ1v) is 9.94. The Hall–Kier alpha value is -2.91. The number of amides is 3. The van der Waals surface area contributed by atoms with Gasteiger partial charge in [-0.05, 0) is 37.7 Å². The molecule has 2 fully saturated rings. The van der Waals surface area contributed by atoms with Gasteiger partial charge >= 0.3 is 5.97 Å². The zero-order valence-corrected chi connectivity index (χ0v) is 16.4. The summed E-state index contributed by atoms with van der Waals surface area (Å²) in [5.74, 6) is -1.63. The molecule has 1 saturated heterocycles. The lowest BCUT2D eigenvalue weighted by Gasteiger charge is -2.27. The zero-order chi connectivity index (χ0) is 20.8. The molecule has 3 rings (SSSR count). The molecule has 1 aliphatic heterocycles. The number of piperidine rings is 1. The van der Waals surface area contributed by atoms with E-state index >= 15 is 0 Å². The Labute approximate surface area is 168 Å². The van der Waals surface area contributed by atoms with Gasteiger partial charge in [0, 0.05) is 18.7 Å². The highest BCUT2D eigenvalue weighted by Crippen LogP contribution is 2.33. The summed E-state index contributed by atoms with van der Waals surface area (Å²) in [6.45, 7) is 0.619. The first-order chi connectivity index (χ1) is 14.0. The highest BCUT2D eigenvalue weighted by atomic mass is 16.5. The van der Waals surface area contributed by atoms with Crippen molar-refractivity contribution >= 4 is 23.7 Å². The normalized spacial score (nSPS) is 20.9. The van der Waals surface area contributed by atoms with E-state index < -0.39 is 29.9 Å². The number of hydrogen-bond acceptors (Lipinski definition) is 6. The number of esters is 1. The average Bonchev–Trinajstić information content (AvgIpc) is 3.36. The maximum atomic E-state index is 12.9. The van der Waals surface area contributed by atoms with Crippen LogP contribution in [0.3, 0.4) is 0 Å². The molecular weight excluding hydrogens is 378 g/mol. The van der Waals surface area contributed by atoms with Gasteiger partial charge in [0.1, 0.15) is 17.8 Å². The highest BCUT2D eigenvalue weighted by molar-refractivity contribution is 5.96. The van der Waals surface area contributed by atoms with Gasteiger partial charge in [-0.2, -0.15) is 5.10 Å². The Morgan fingerprint density at radius 1 is 1.21 bits per heavy atom. The molecule has 1 saturated carbocycles. The van der Waals surface area contributed by atoms with Crippen LogP contribution < -0.4 is 16.0 Å². The van der Waals surface area contributed by atoms with Crippen LogP contribution in [0.15, 0.2) is 12.3 Å². The van der Waals surface area contributed by atoms with Crippen molar-refractivity contribution < 1.29 is 23.9 Å². The van der Waals surface area contributed by atoms with Crippen molar-refractivity contribution in [1.29, 1.82) is 0 Å². The van der Waals surface area contributed by atoms with Crippen molar-refractivity contribution in [3.63, 3.8) is 0 Å². The van der Waals surface area contributed by atoms with E-state index in [1.165, 1.54) is 19.4 Å². The minimum Gasteiger partial charge on any atom is -0.467 e. The second kappa shape index (κ2) is 9.53. The van der Waals surface area contributed by atoms with Crippen molar-refractivity contribution in [2.45, 2.75) is 50.6 Å². The van der Waals surface area contributed by atoms with E-state index in [0.717, 1.165) is 19.3 Å². The van der Waals surface area contributed by atoms with Crippen LogP contribution in [-0.4, -0.2) is 59.6 Å². The van der Waals surface area contributed by atoms with E-state index in [1.807, 2.05) is 0 Å². The number of hydrogen-bond donors (Lipinski definition) is 4. The minimum atomic E-state index is -0.952. The molecular formula is C19H27N5O5. The van der Waals surface area contributed by atoms with E-state index in [-0.39, 0.29) is 23.9 Å². The van der Waals surface area contributed by atoms with Crippen LogP contribution in [0.5, 0.6) is 0 Å². The molecule has 1 aromatic rings. The summed E-state index contributed by atoms with van der Waals surface area (Å²) in [7, 11) is 1.24. The van der Waals surface area contributed by atoms with Gasteiger partial charge in [-0.3, -0.25) is 19.5 Å². The number of carbonyl (C=O) groups is 4. The molecule has 3 amide bonds. The van der Waals surface area contributed by atoms with E-state index in [0.29, 0.717) is 25.3 Å². The van der Waals surface area contributed by atoms with Gasteiger partial charge in [0.25, 0.3) is 5.91 Å². The van der Waals surface area contributed by atoms with Crippen molar-refractivity contribution in [3.05, 3.63) is 18.0 Å². The molecule has 4 N–H and O–H groups in total. The lowest BCUT2D eigenvalue weighted by Crippen LogP contribution is -2.53. The van der Waals surface area contributed by atoms with Crippen LogP contribution in [0.1, 0.15) is 49.0 Å². The molecule has 0 bridgehead atoms. The number of H-pyrrole nitrogens is 1. The van der Waals surface area contributed by atoms with Gasteiger partial charge in [0.2, 0.25) is 11.8 Å². The van der Waals surface area contributed by atoms with Crippen molar-refractivity contribution in [1.82, 2.24) is 26.1 Å². The van der Waals surface area contributed by atoms with Crippen molar-refractivity contribution in [2.75, 3.05) is 13.7 Å². The second-order valence-corrected chi connectivity index (χ2v) is 7.63. The van der Waals surface area contributed by atoms with Gasteiger partial charge in [-0.15, -0.1) is 0 Å². The van der Waals surface area contributed by atoms with E-state index in [1.54, 1.807) is 0 Å². The summed E-state index contributed by atoms with van der Waals surface area (Å²) in [5.41, 5.74) is 0.252. The molecule has 1 aromatic heterocycles. The first kappa shape index (κ1) is 20.8. The third-order valence-electron chi connectivity index (χ3n) is 5.35.